The fourth-order valence-corrected chi connectivity index (χ4v) is 2.30. The summed E-state index contributed by atoms with van der Waals surface area (Å²) in [6.07, 6.45) is -3.42. The summed E-state index contributed by atoms with van der Waals surface area (Å²) < 4.78 is 41.7. The van der Waals surface area contributed by atoms with Crippen molar-refractivity contribution in [3.05, 3.63) is 66.4 Å². The zero-order chi connectivity index (χ0) is 18.7. The predicted octanol–water partition coefficient (Wildman–Crippen LogP) is 4.41. The van der Waals surface area contributed by atoms with E-state index in [1.807, 2.05) is 0 Å². The maximum Gasteiger partial charge on any atom is 0.573 e. The standard InChI is InChI=1S/C18H11F3N2O3/c19-18(20,21)26-15-4-2-1-3-13(15)16-22-10-9-14(23-16)11-5-7-12(8-6-11)17(24)25/h1-10H,(H,24,25). The van der Waals surface area contributed by atoms with Crippen molar-refractivity contribution in [3.8, 4) is 28.4 Å². The molecule has 0 aliphatic carbocycles. The molecule has 5 nitrogen and oxygen atoms in total. The lowest BCUT2D eigenvalue weighted by Gasteiger charge is -2.12. The number of halogens is 3. The number of hydrogen-bond donors (Lipinski definition) is 1. The second-order valence-electron chi connectivity index (χ2n) is 5.19. The Morgan fingerprint density at radius 2 is 1.69 bits per heavy atom. The highest BCUT2D eigenvalue weighted by Crippen LogP contribution is 2.32. The van der Waals surface area contributed by atoms with Gasteiger partial charge >= 0.3 is 12.3 Å². The number of benzene rings is 2. The third-order valence-corrected chi connectivity index (χ3v) is 3.44. The Morgan fingerprint density at radius 3 is 2.35 bits per heavy atom. The molecule has 2 aromatic carbocycles. The summed E-state index contributed by atoms with van der Waals surface area (Å²) in [5, 5.41) is 8.93. The number of rotatable bonds is 4. The molecule has 0 aliphatic rings. The summed E-state index contributed by atoms with van der Waals surface area (Å²) in [7, 11) is 0. The van der Waals surface area contributed by atoms with Crippen LogP contribution in [0.5, 0.6) is 5.75 Å². The molecule has 0 spiro atoms. The largest absolute Gasteiger partial charge is 0.573 e. The second kappa shape index (κ2) is 6.83. The number of carboxylic acids is 1. The number of carboxylic acid groups (broad SMARTS) is 1. The van der Waals surface area contributed by atoms with E-state index in [1.54, 1.807) is 24.3 Å². The third-order valence-electron chi connectivity index (χ3n) is 3.44. The van der Waals surface area contributed by atoms with Crippen LogP contribution < -0.4 is 4.74 Å². The molecule has 26 heavy (non-hydrogen) atoms. The number of alkyl halides is 3. The van der Waals surface area contributed by atoms with Gasteiger partial charge in [0, 0.05) is 11.8 Å². The van der Waals surface area contributed by atoms with Gasteiger partial charge in [0.2, 0.25) is 0 Å². The van der Waals surface area contributed by atoms with Crippen LogP contribution in [-0.2, 0) is 0 Å². The third kappa shape index (κ3) is 3.97. The fourth-order valence-electron chi connectivity index (χ4n) is 2.30. The van der Waals surface area contributed by atoms with E-state index in [4.69, 9.17) is 5.11 Å². The van der Waals surface area contributed by atoms with E-state index in [2.05, 4.69) is 14.7 Å². The first-order chi connectivity index (χ1) is 12.3. The molecule has 8 heteroatoms. The summed E-state index contributed by atoms with van der Waals surface area (Å²) >= 11 is 0. The van der Waals surface area contributed by atoms with Crippen LogP contribution in [0.3, 0.4) is 0 Å². The van der Waals surface area contributed by atoms with Gasteiger partial charge in [0.05, 0.1) is 16.8 Å². The molecule has 0 aliphatic heterocycles. The lowest BCUT2D eigenvalue weighted by atomic mass is 10.1. The Hall–Kier alpha value is -3.42. The monoisotopic (exact) mass is 360 g/mol. The molecule has 1 heterocycles. The van der Waals surface area contributed by atoms with Crippen molar-refractivity contribution in [2.75, 3.05) is 0 Å². The number of aromatic nitrogens is 2. The Bertz CT molecular complexity index is 941. The van der Waals surface area contributed by atoms with Crippen LogP contribution >= 0.6 is 0 Å². The molecule has 3 rings (SSSR count). The average molecular weight is 360 g/mol. The first-order valence-electron chi connectivity index (χ1n) is 7.35. The number of hydrogen-bond acceptors (Lipinski definition) is 4. The maximum atomic E-state index is 12.6. The van der Waals surface area contributed by atoms with Crippen molar-refractivity contribution in [1.82, 2.24) is 9.97 Å². The molecule has 1 aromatic heterocycles. The SMILES string of the molecule is O=C(O)c1ccc(-c2ccnc(-c3ccccc3OC(F)(F)F)n2)cc1. The van der Waals surface area contributed by atoms with Gasteiger partial charge in [-0.15, -0.1) is 13.2 Å². The van der Waals surface area contributed by atoms with Crippen LogP contribution in [0.15, 0.2) is 60.8 Å². The molecular formula is C18H11F3N2O3. The number of carbonyl (C=O) groups is 1. The van der Waals surface area contributed by atoms with E-state index in [0.29, 0.717) is 11.3 Å². The molecular weight excluding hydrogens is 349 g/mol. The van der Waals surface area contributed by atoms with Gasteiger partial charge < -0.3 is 9.84 Å². The van der Waals surface area contributed by atoms with Gasteiger partial charge in [-0.3, -0.25) is 0 Å². The van der Waals surface area contributed by atoms with Crippen molar-refractivity contribution >= 4 is 5.97 Å². The van der Waals surface area contributed by atoms with E-state index in [1.165, 1.54) is 36.5 Å². The minimum atomic E-state index is -4.83. The molecule has 0 saturated carbocycles. The molecule has 0 saturated heterocycles. The number of nitrogens with zero attached hydrogens (tertiary/aromatic N) is 2. The van der Waals surface area contributed by atoms with Gasteiger partial charge in [0.25, 0.3) is 0 Å². The summed E-state index contributed by atoms with van der Waals surface area (Å²) in [5.74, 6) is -1.40. The van der Waals surface area contributed by atoms with Gasteiger partial charge in [0.1, 0.15) is 5.75 Å². The van der Waals surface area contributed by atoms with E-state index in [0.717, 1.165) is 0 Å². The normalized spacial score (nSPS) is 11.2. The van der Waals surface area contributed by atoms with Crippen LogP contribution in [-0.4, -0.2) is 27.4 Å². The minimum Gasteiger partial charge on any atom is -0.478 e. The van der Waals surface area contributed by atoms with Gasteiger partial charge in [-0.1, -0.05) is 24.3 Å². The number of ether oxygens (including phenoxy) is 1. The molecule has 0 unspecified atom stereocenters. The van der Waals surface area contributed by atoms with E-state index >= 15 is 0 Å². The highest BCUT2D eigenvalue weighted by atomic mass is 19.4. The molecule has 0 fully saturated rings. The van der Waals surface area contributed by atoms with Crippen molar-refractivity contribution in [3.63, 3.8) is 0 Å². The summed E-state index contributed by atoms with van der Waals surface area (Å²) in [6, 6.07) is 13.1. The van der Waals surface area contributed by atoms with Crippen molar-refractivity contribution in [2.24, 2.45) is 0 Å². The van der Waals surface area contributed by atoms with E-state index in [-0.39, 0.29) is 17.0 Å². The van der Waals surface area contributed by atoms with Crippen LogP contribution in [0.1, 0.15) is 10.4 Å². The van der Waals surface area contributed by atoms with Crippen molar-refractivity contribution < 1.29 is 27.8 Å². The molecule has 1 N–H and O–H groups in total. The Kier molecular flexibility index (Phi) is 4.57. The Morgan fingerprint density at radius 1 is 1.00 bits per heavy atom. The van der Waals surface area contributed by atoms with Crippen molar-refractivity contribution in [2.45, 2.75) is 6.36 Å². The van der Waals surface area contributed by atoms with Crippen LogP contribution in [0, 0.1) is 0 Å². The molecule has 0 amide bonds. The zero-order valence-electron chi connectivity index (χ0n) is 13.1. The fraction of sp³-hybridized carbons (Fsp3) is 0.0556. The highest BCUT2D eigenvalue weighted by Gasteiger charge is 2.32. The zero-order valence-corrected chi connectivity index (χ0v) is 13.1. The molecule has 0 atom stereocenters. The molecule has 0 radical (unpaired) electrons. The van der Waals surface area contributed by atoms with Gasteiger partial charge in [-0.2, -0.15) is 0 Å². The van der Waals surface area contributed by atoms with Gasteiger partial charge in [0.15, 0.2) is 5.82 Å². The first-order valence-corrected chi connectivity index (χ1v) is 7.35. The van der Waals surface area contributed by atoms with Crippen molar-refractivity contribution in [1.29, 1.82) is 0 Å². The Balaban J connectivity index is 1.99. The summed E-state index contributed by atoms with van der Waals surface area (Å²) in [4.78, 5) is 19.2. The predicted molar refractivity (Wildman–Crippen MR) is 86.5 cm³/mol. The lowest BCUT2D eigenvalue weighted by Crippen LogP contribution is -2.17. The highest BCUT2D eigenvalue weighted by molar-refractivity contribution is 5.88. The van der Waals surface area contributed by atoms with Crippen LogP contribution in [0.25, 0.3) is 22.6 Å². The van der Waals surface area contributed by atoms with Gasteiger partial charge in [-0.05, 0) is 30.3 Å². The van der Waals surface area contributed by atoms with Gasteiger partial charge in [-0.25, -0.2) is 14.8 Å². The molecule has 0 bridgehead atoms. The smallest absolute Gasteiger partial charge is 0.478 e. The quantitative estimate of drug-likeness (QED) is 0.746. The summed E-state index contributed by atoms with van der Waals surface area (Å²) in [6.45, 7) is 0. The maximum absolute atomic E-state index is 12.6. The Labute approximate surface area is 145 Å². The minimum absolute atomic E-state index is 0.0599. The average Bonchev–Trinajstić information content (AvgIpc) is 2.61. The topological polar surface area (TPSA) is 72.3 Å². The van der Waals surface area contributed by atoms with Crippen LogP contribution in [0.2, 0.25) is 0 Å². The number of para-hydroxylation sites is 1. The molecule has 132 valence electrons. The first kappa shape index (κ1) is 17.4. The lowest BCUT2D eigenvalue weighted by molar-refractivity contribution is -0.274. The van der Waals surface area contributed by atoms with E-state index < -0.39 is 18.1 Å². The number of aromatic carboxylic acids is 1. The molecule has 3 aromatic rings. The second-order valence-corrected chi connectivity index (χ2v) is 5.19. The summed E-state index contributed by atoms with van der Waals surface area (Å²) in [5.41, 5.74) is 1.25. The van der Waals surface area contributed by atoms with E-state index in [9.17, 15) is 18.0 Å². The van der Waals surface area contributed by atoms with Crippen LogP contribution in [0.4, 0.5) is 13.2 Å².